The predicted molar refractivity (Wildman–Crippen MR) is 113 cm³/mol. The van der Waals surface area contributed by atoms with Gasteiger partial charge >= 0.3 is 5.97 Å². The Kier molecular flexibility index (Phi) is 4.79. The summed E-state index contributed by atoms with van der Waals surface area (Å²) in [7, 11) is 0. The quantitative estimate of drug-likeness (QED) is 0.441. The zero-order chi connectivity index (χ0) is 20.6. The van der Waals surface area contributed by atoms with Crippen LogP contribution in [0.1, 0.15) is 43.2 Å². The number of Topliss-reactive ketones (excluding diaryl/α,β-unsaturated/α-hetero) is 1. The molecule has 3 aromatic rings. The Morgan fingerprint density at radius 3 is 2.41 bits per heavy atom. The lowest BCUT2D eigenvalue weighted by atomic mass is 9.75. The van der Waals surface area contributed by atoms with Crippen LogP contribution in [-0.4, -0.2) is 16.7 Å². The average Bonchev–Trinajstić information content (AvgIpc) is 2.71. The molecule has 0 N–H and O–H groups in total. The lowest BCUT2D eigenvalue weighted by Gasteiger charge is -2.29. The summed E-state index contributed by atoms with van der Waals surface area (Å²) in [6, 6.07) is 19.4. The van der Waals surface area contributed by atoms with Gasteiger partial charge in [0.25, 0.3) is 0 Å². The predicted octanol–water partition coefficient (Wildman–Crippen LogP) is 5.50. The summed E-state index contributed by atoms with van der Waals surface area (Å²) in [6.07, 6.45) is 1.53. The van der Waals surface area contributed by atoms with Crippen molar-refractivity contribution in [3.63, 3.8) is 0 Å². The molecule has 0 spiro atoms. The van der Waals surface area contributed by atoms with E-state index in [0.29, 0.717) is 17.0 Å². The van der Waals surface area contributed by atoms with Crippen LogP contribution in [0, 0.1) is 5.41 Å². The van der Waals surface area contributed by atoms with Gasteiger partial charge in [0.05, 0.1) is 11.4 Å². The molecule has 0 fully saturated rings. The van der Waals surface area contributed by atoms with Gasteiger partial charge in [-0.15, -0.1) is 0 Å². The fraction of sp³-hybridized carbons (Fsp3) is 0.240. The molecule has 2 aromatic carbocycles. The molecule has 0 saturated carbocycles. The molecule has 0 saturated heterocycles. The number of nitrogens with zero attached hydrogens (tertiary/aromatic N) is 1. The van der Waals surface area contributed by atoms with E-state index in [-0.39, 0.29) is 17.2 Å². The van der Waals surface area contributed by atoms with Gasteiger partial charge in [-0.2, -0.15) is 0 Å². The molecular formula is C25H23NO3. The Labute approximate surface area is 170 Å². The Morgan fingerprint density at radius 1 is 0.966 bits per heavy atom. The summed E-state index contributed by atoms with van der Waals surface area (Å²) in [4.78, 5) is 29.2. The molecule has 0 atom stereocenters. The summed E-state index contributed by atoms with van der Waals surface area (Å²) in [5.41, 5.74) is 4.59. The molecule has 4 heteroatoms. The first-order valence-electron chi connectivity index (χ1n) is 9.78. The molecule has 0 radical (unpaired) electrons. The number of fused-ring (bicyclic) bond motifs is 1. The van der Waals surface area contributed by atoms with Crippen LogP contribution in [0.4, 0.5) is 0 Å². The highest BCUT2D eigenvalue weighted by Crippen LogP contribution is 2.37. The topological polar surface area (TPSA) is 56.3 Å². The van der Waals surface area contributed by atoms with E-state index in [1.807, 2.05) is 74.5 Å². The SMILES string of the molecule is CC(=O)Oc1cc(-c2ccccc2)ccc1-c1ccc2c(n1)CCC(C)(C)C2=O. The van der Waals surface area contributed by atoms with Crippen LogP contribution in [-0.2, 0) is 11.2 Å². The summed E-state index contributed by atoms with van der Waals surface area (Å²) in [5, 5.41) is 0. The largest absolute Gasteiger partial charge is 0.426 e. The molecule has 1 heterocycles. The van der Waals surface area contributed by atoms with Crippen molar-refractivity contribution in [1.82, 2.24) is 4.98 Å². The van der Waals surface area contributed by atoms with Crippen molar-refractivity contribution in [3.05, 3.63) is 71.9 Å². The standard InChI is InChI=1S/C25H23NO3/c1-16(27)29-23-15-18(17-7-5-4-6-8-17)9-10-19(23)21-12-11-20-22(26-21)13-14-25(2,3)24(20)28/h4-12,15H,13-14H2,1-3H3. The third-order valence-electron chi connectivity index (χ3n) is 5.44. The molecule has 4 rings (SSSR count). The van der Waals surface area contributed by atoms with Crippen LogP contribution in [0.25, 0.3) is 22.4 Å². The van der Waals surface area contributed by atoms with Crippen molar-refractivity contribution in [2.24, 2.45) is 5.41 Å². The van der Waals surface area contributed by atoms with Gasteiger partial charge in [-0.05, 0) is 48.2 Å². The fourth-order valence-electron chi connectivity index (χ4n) is 3.74. The molecule has 1 aromatic heterocycles. The number of hydrogen-bond acceptors (Lipinski definition) is 4. The third kappa shape index (κ3) is 3.70. The summed E-state index contributed by atoms with van der Waals surface area (Å²) in [5.74, 6) is 0.220. The first-order valence-corrected chi connectivity index (χ1v) is 9.78. The van der Waals surface area contributed by atoms with Crippen molar-refractivity contribution >= 4 is 11.8 Å². The zero-order valence-corrected chi connectivity index (χ0v) is 16.9. The van der Waals surface area contributed by atoms with E-state index in [2.05, 4.69) is 0 Å². The normalized spacial score (nSPS) is 14.9. The Hall–Kier alpha value is -3.27. The van der Waals surface area contributed by atoms with Crippen molar-refractivity contribution < 1.29 is 14.3 Å². The average molecular weight is 385 g/mol. The Bertz CT molecular complexity index is 1100. The van der Waals surface area contributed by atoms with E-state index in [1.54, 1.807) is 0 Å². The highest BCUT2D eigenvalue weighted by molar-refractivity contribution is 6.02. The number of aryl methyl sites for hydroxylation is 1. The number of hydrogen-bond donors (Lipinski definition) is 0. The first-order chi connectivity index (χ1) is 13.8. The van der Waals surface area contributed by atoms with Gasteiger partial charge in [0, 0.05) is 23.5 Å². The number of benzene rings is 2. The van der Waals surface area contributed by atoms with Gasteiger partial charge in [-0.25, -0.2) is 0 Å². The van der Waals surface area contributed by atoms with E-state index in [0.717, 1.165) is 35.2 Å². The molecule has 29 heavy (non-hydrogen) atoms. The number of rotatable bonds is 3. The lowest BCUT2D eigenvalue weighted by Crippen LogP contribution is -2.31. The van der Waals surface area contributed by atoms with E-state index in [9.17, 15) is 9.59 Å². The van der Waals surface area contributed by atoms with Crippen LogP contribution in [0.2, 0.25) is 0 Å². The number of carbonyl (C=O) groups excluding carboxylic acids is 2. The molecule has 0 bridgehead atoms. The second kappa shape index (κ2) is 7.28. The monoisotopic (exact) mass is 385 g/mol. The van der Waals surface area contributed by atoms with Gasteiger partial charge in [0.2, 0.25) is 0 Å². The van der Waals surface area contributed by atoms with Gasteiger partial charge < -0.3 is 4.74 Å². The minimum Gasteiger partial charge on any atom is -0.426 e. The molecule has 0 unspecified atom stereocenters. The molecule has 4 nitrogen and oxygen atoms in total. The highest BCUT2D eigenvalue weighted by atomic mass is 16.5. The number of aromatic nitrogens is 1. The van der Waals surface area contributed by atoms with Crippen molar-refractivity contribution in [2.45, 2.75) is 33.6 Å². The minimum absolute atomic E-state index is 0.137. The second-order valence-electron chi connectivity index (χ2n) is 8.07. The first kappa shape index (κ1) is 19.1. The maximum absolute atomic E-state index is 12.7. The van der Waals surface area contributed by atoms with Crippen LogP contribution >= 0.6 is 0 Å². The van der Waals surface area contributed by atoms with E-state index in [1.165, 1.54) is 6.92 Å². The van der Waals surface area contributed by atoms with E-state index >= 15 is 0 Å². The van der Waals surface area contributed by atoms with Gasteiger partial charge in [0.1, 0.15) is 5.75 Å². The smallest absolute Gasteiger partial charge is 0.308 e. The summed E-state index contributed by atoms with van der Waals surface area (Å²) in [6.45, 7) is 5.35. The molecular weight excluding hydrogens is 362 g/mol. The number of carbonyl (C=O) groups is 2. The number of pyridine rings is 1. The van der Waals surface area contributed by atoms with Crippen LogP contribution in [0.3, 0.4) is 0 Å². The highest BCUT2D eigenvalue weighted by Gasteiger charge is 2.35. The molecule has 1 aliphatic carbocycles. The fourth-order valence-corrected chi connectivity index (χ4v) is 3.74. The van der Waals surface area contributed by atoms with Crippen LogP contribution in [0.5, 0.6) is 5.75 Å². The minimum atomic E-state index is -0.383. The van der Waals surface area contributed by atoms with Crippen molar-refractivity contribution in [1.29, 1.82) is 0 Å². The summed E-state index contributed by atoms with van der Waals surface area (Å²) >= 11 is 0. The molecule has 146 valence electrons. The van der Waals surface area contributed by atoms with Gasteiger partial charge in [-0.3, -0.25) is 14.6 Å². The van der Waals surface area contributed by atoms with Gasteiger partial charge in [-0.1, -0.05) is 50.2 Å². The maximum Gasteiger partial charge on any atom is 0.308 e. The number of ketones is 1. The van der Waals surface area contributed by atoms with Crippen LogP contribution in [0.15, 0.2) is 60.7 Å². The maximum atomic E-state index is 12.7. The molecule has 0 aliphatic heterocycles. The molecule has 0 amide bonds. The van der Waals surface area contributed by atoms with Crippen molar-refractivity contribution in [2.75, 3.05) is 0 Å². The zero-order valence-electron chi connectivity index (χ0n) is 16.9. The number of esters is 1. The third-order valence-corrected chi connectivity index (χ3v) is 5.44. The lowest BCUT2D eigenvalue weighted by molar-refractivity contribution is -0.131. The summed E-state index contributed by atoms with van der Waals surface area (Å²) < 4.78 is 5.51. The van der Waals surface area contributed by atoms with Gasteiger partial charge in [0.15, 0.2) is 5.78 Å². The second-order valence-corrected chi connectivity index (χ2v) is 8.07. The number of ether oxygens (including phenoxy) is 1. The Balaban J connectivity index is 1.78. The molecule has 1 aliphatic rings. The van der Waals surface area contributed by atoms with Crippen LogP contribution < -0.4 is 4.74 Å². The van der Waals surface area contributed by atoms with E-state index in [4.69, 9.17) is 9.72 Å². The Morgan fingerprint density at radius 2 is 1.69 bits per heavy atom. The van der Waals surface area contributed by atoms with E-state index < -0.39 is 0 Å². The van der Waals surface area contributed by atoms with Crippen molar-refractivity contribution in [3.8, 4) is 28.1 Å².